The van der Waals surface area contributed by atoms with Crippen molar-refractivity contribution >= 4 is 11.5 Å². The van der Waals surface area contributed by atoms with E-state index in [1.165, 1.54) is 22.8 Å². The second-order valence-electron chi connectivity index (χ2n) is 6.87. The number of nitrogens with zero attached hydrogens (tertiary/aromatic N) is 3. The number of anilines is 1. The number of aromatic nitrogens is 2. The number of hydrogen-bond donors (Lipinski definition) is 1. The van der Waals surface area contributed by atoms with Crippen LogP contribution in [0.3, 0.4) is 0 Å². The minimum absolute atomic E-state index is 0.0702. The average Bonchev–Trinajstić information content (AvgIpc) is 3.16. The van der Waals surface area contributed by atoms with Gasteiger partial charge in [0.25, 0.3) is 5.69 Å². The van der Waals surface area contributed by atoms with Gasteiger partial charge < -0.3 is 5.32 Å². The fraction of sp³-hybridized carbons (Fsp3) is 0.250. The third-order valence-electron chi connectivity index (χ3n) is 4.78. The molecule has 3 aromatic rings. The summed E-state index contributed by atoms with van der Waals surface area (Å²) in [6, 6.07) is 11.3. The minimum atomic E-state index is -0.370. The minimum Gasteiger partial charge on any atom is -0.369 e. The van der Waals surface area contributed by atoms with Crippen LogP contribution in [0.5, 0.6) is 0 Å². The Morgan fingerprint density at radius 3 is 2.54 bits per heavy atom. The number of non-ortho nitro benzene ring substituents is 1. The molecule has 6 nitrogen and oxygen atoms in total. The van der Waals surface area contributed by atoms with Gasteiger partial charge in [-0.25, -0.2) is 4.68 Å². The Hall–Kier alpha value is -3.15. The smallest absolute Gasteiger partial charge is 0.271 e. The highest BCUT2D eigenvalue weighted by Gasteiger charge is 2.25. The quantitative estimate of drug-likeness (QED) is 0.564. The summed E-state index contributed by atoms with van der Waals surface area (Å²) >= 11 is 0. The first-order valence-electron chi connectivity index (χ1n) is 8.64. The van der Waals surface area contributed by atoms with Gasteiger partial charge >= 0.3 is 0 Å². The van der Waals surface area contributed by atoms with Gasteiger partial charge in [-0.2, -0.15) is 5.10 Å². The van der Waals surface area contributed by atoms with Crippen LogP contribution >= 0.6 is 0 Å². The average molecular weight is 348 g/mol. The van der Waals surface area contributed by atoms with Gasteiger partial charge in [0.15, 0.2) is 0 Å². The highest BCUT2D eigenvalue weighted by atomic mass is 16.6. The molecule has 0 aliphatic carbocycles. The van der Waals surface area contributed by atoms with Crippen molar-refractivity contribution in [3.63, 3.8) is 0 Å². The molecule has 1 aliphatic heterocycles. The zero-order valence-electron chi connectivity index (χ0n) is 15.0. The van der Waals surface area contributed by atoms with Crippen molar-refractivity contribution in [3.05, 3.63) is 68.8 Å². The number of nitrogens with one attached hydrogen (secondary N) is 1. The van der Waals surface area contributed by atoms with Gasteiger partial charge in [0, 0.05) is 29.8 Å². The van der Waals surface area contributed by atoms with Gasteiger partial charge in [-0.05, 0) is 44.9 Å². The fourth-order valence-corrected chi connectivity index (χ4v) is 3.63. The van der Waals surface area contributed by atoms with Crippen LogP contribution in [-0.4, -0.2) is 21.2 Å². The lowest BCUT2D eigenvalue weighted by Crippen LogP contribution is -2.06. The Balaban J connectivity index is 1.93. The SMILES string of the molecule is Cc1cc(C)cc(-c2nn(-c3cc([N+](=O)[O-])ccc3C)c3c2CCN3)c1. The van der Waals surface area contributed by atoms with Gasteiger partial charge in [0.2, 0.25) is 0 Å². The van der Waals surface area contributed by atoms with Crippen LogP contribution in [-0.2, 0) is 6.42 Å². The maximum Gasteiger partial charge on any atom is 0.271 e. The molecule has 0 fully saturated rings. The summed E-state index contributed by atoms with van der Waals surface area (Å²) in [4.78, 5) is 10.8. The molecule has 4 rings (SSSR count). The molecule has 0 unspecified atom stereocenters. The van der Waals surface area contributed by atoms with Gasteiger partial charge in [0.05, 0.1) is 16.3 Å². The molecule has 0 radical (unpaired) electrons. The molecule has 1 aromatic heterocycles. The van der Waals surface area contributed by atoms with Crippen LogP contribution in [0.2, 0.25) is 0 Å². The molecule has 0 saturated carbocycles. The van der Waals surface area contributed by atoms with E-state index < -0.39 is 0 Å². The topological polar surface area (TPSA) is 73.0 Å². The standard InChI is InChI=1S/C20H20N4O2/c1-12-8-13(2)10-15(9-12)19-17-6-7-21-20(17)23(22-19)18-11-16(24(25)26)5-4-14(18)3/h4-5,8-11,21H,6-7H2,1-3H3. The van der Waals surface area contributed by atoms with Gasteiger partial charge in [-0.3, -0.25) is 10.1 Å². The predicted octanol–water partition coefficient (Wildman–Crippen LogP) is 4.34. The number of hydrogen-bond acceptors (Lipinski definition) is 4. The highest BCUT2D eigenvalue weighted by Crippen LogP contribution is 2.36. The highest BCUT2D eigenvalue weighted by molar-refractivity contribution is 5.74. The molecule has 2 aromatic carbocycles. The molecule has 0 amide bonds. The Kier molecular flexibility index (Phi) is 3.76. The molecule has 0 saturated heterocycles. The Morgan fingerprint density at radius 2 is 1.85 bits per heavy atom. The zero-order valence-corrected chi connectivity index (χ0v) is 15.0. The summed E-state index contributed by atoms with van der Waals surface area (Å²) in [7, 11) is 0. The first-order valence-corrected chi connectivity index (χ1v) is 8.64. The monoisotopic (exact) mass is 348 g/mol. The van der Waals surface area contributed by atoms with Crippen LogP contribution in [0.25, 0.3) is 16.9 Å². The summed E-state index contributed by atoms with van der Waals surface area (Å²) in [5.74, 6) is 0.933. The van der Waals surface area contributed by atoms with E-state index in [-0.39, 0.29) is 10.6 Å². The van der Waals surface area contributed by atoms with Crippen LogP contribution in [0.1, 0.15) is 22.3 Å². The van der Waals surface area contributed by atoms with E-state index in [0.717, 1.165) is 41.3 Å². The lowest BCUT2D eigenvalue weighted by Gasteiger charge is -2.09. The molecule has 0 spiro atoms. The molecule has 6 heteroatoms. The van der Waals surface area contributed by atoms with Gasteiger partial charge in [-0.15, -0.1) is 0 Å². The summed E-state index contributed by atoms with van der Waals surface area (Å²) in [6.45, 7) is 6.95. The van der Waals surface area contributed by atoms with E-state index in [1.807, 2.05) is 11.6 Å². The third kappa shape index (κ3) is 2.63. The summed E-state index contributed by atoms with van der Waals surface area (Å²) in [5, 5.41) is 19.4. The Bertz CT molecular complexity index is 1020. The predicted molar refractivity (Wildman–Crippen MR) is 102 cm³/mol. The number of fused-ring (bicyclic) bond motifs is 1. The van der Waals surface area contributed by atoms with Crippen LogP contribution in [0, 0.1) is 30.9 Å². The van der Waals surface area contributed by atoms with Crippen LogP contribution < -0.4 is 5.32 Å². The van der Waals surface area contributed by atoms with E-state index in [2.05, 4.69) is 37.4 Å². The zero-order chi connectivity index (χ0) is 18.4. The van der Waals surface area contributed by atoms with Crippen molar-refractivity contribution in [3.8, 4) is 16.9 Å². The number of benzene rings is 2. The summed E-state index contributed by atoms with van der Waals surface area (Å²) in [6.07, 6.45) is 0.894. The van der Waals surface area contributed by atoms with E-state index >= 15 is 0 Å². The molecule has 26 heavy (non-hydrogen) atoms. The Morgan fingerprint density at radius 1 is 1.12 bits per heavy atom. The third-order valence-corrected chi connectivity index (χ3v) is 4.78. The van der Waals surface area contributed by atoms with Gasteiger partial charge in [-0.1, -0.05) is 23.3 Å². The molecule has 1 N–H and O–H groups in total. The normalized spacial score (nSPS) is 12.7. The van der Waals surface area contributed by atoms with Crippen molar-refractivity contribution < 1.29 is 4.92 Å². The molecule has 0 bridgehead atoms. The maximum atomic E-state index is 11.2. The second-order valence-corrected chi connectivity index (χ2v) is 6.87. The van der Waals surface area contributed by atoms with Gasteiger partial charge in [0.1, 0.15) is 5.82 Å². The van der Waals surface area contributed by atoms with Crippen molar-refractivity contribution in [1.29, 1.82) is 0 Å². The van der Waals surface area contributed by atoms with Crippen molar-refractivity contribution in [2.24, 2.45) is 0 Å². The van der Waals surface area contributed by atoms with E-state index in [9.17, 15) is 10.1 Å². The number of nitro groups is 1. The molecular formula is C20H20N4O2. The Labute approximate surface area is 151 Å². The van der Waals surface area contributed by atoms with Crippen molar-refractivity contribution in [1.82, 2.24) is 9.78 Å². The molecular weight excluding hydrogens is 328 g/mol. The second kappa shape index (κ2) is 5.98. The maximum absolute atomic E-state index is 11.2. The lowest BCUT2D eigenvalue weighted by molar-refractivity contribution is -0.384. The number of rotatable bonds is 3. The van der Waals surface area contributed by atoms with Crippen LogP contribution in [0.4, 0.5) is 11.5 Å². The van der Waals surface area contributed by atoms with Crippen molar-refractivity contribution in [2.75, 3.05) is 11.9 Å². The van der Waals surface area contributed by atoms with E-state index in [1.54, 1.807) is 12.1 Å². The first-order chi connectivity index (χ1) is 12.4. The van der Waals surface area contributed by atoms with Crippen LogP contribution in [0.15, 0.2) is 36.4 Å². The lowest BCUT2D eigenvalue weighted by atomic mass is 10.0. The summed E-state index contributed by atoms with van der Waals surface area (Å²) < 4.78 is 1.82. The first kappa shape index (κ1) is 16.3. The fourth-order valence-electron chi connectivity index (χ4n) is 3.63. The summed E-state index contributed by atoms with van der Waals surface area (Å²) in [5.41, 5.74) is 7.34. The van der Waals surface area contributed by atoms with Crippen molar-refractivity contribution in [2.45, 2.75) is 27.2 Å². The number of aryl methyl sites for hydroxylation is 3. The molecule has 0 atom stereocenters. The number of nitro benzene ring substituents is 1. The van der Waals surface area contributed by atoms with E-state index in [4.69, 9.17) is 5.10 Å². The molecule has 132 valence electrons. The molecule has 2 heterocycles. The van der Waals surface area contributed by atoms with E-state index in [0.29, 0.717) is 0 Å². The largest absolute Gasteiger partial charge is 0.369 e. The molecule has 1 aliphatic rings.